The zero-order valence-corrected chi connectivity index (χ0v) is 9.95. The summed E-state index contributed by atoms with van der Waals surface area (Å²) < 4.78 is 0. The molecular weight excluding hydrogens is 357 g/mol. The zero-order chi connectivity index (χ0) is 6.41. The molecule has 0 amide bonds. The summed E-state index contributed by atoms with van der Waals surface area (Å²) in [7, 11) is 0. The van der Waals surface area contributed by atoms with Gasteiger partial charge in [0, 0.05) is 35.0 Å². The molecule has 2 heteroatoms. The Morgan fingerprint density at radius 1 is 1.78 bits per heavy atom. The van der Waals surface area contributed by atoms with Crippen molar-refractivity contribution in [2.45, 2.75) is 13.3 Å². The third-order valence-corrected chi connectivity index (χ3v) is 0.796. The van der Waals surface area contributed by atoms with Crippen LogP contribution in [-0.4, -0.2) is 0 Å². The Morgan fingerprint density at radius 2 is 2.33 bits per heavy atom. The summed E-state index contributed by atoms with van der Waals surface area (Å²) in [6.07, 6.45) is 6.78. The van der Waals surface area contributed by atoms with Crippen LogP contribution >= 0.6 is 11.6 Å². The summed E-state index contributed by atoms with van der Waals surface area (Å²) >= 11 is 5.42. The molecule has 0 nitrogen and oxygen atoms in total. The number of hydrogen-bond donors (Lipinski definition) is 0. The Labute approximate surface area is 84.6 Å². The van der Waals surface area contributed by atoms with Gasteiger partial charge < -0.3 is 6.42 Å². The van der Waals surface area contributed by atoms with Crippen LogP contribution in [0.15, 0.2) is 23.8 Å². The number of rotatable bonds is 3. The van der Waals surface area contributed by atoms with Crippen LogP contribution in [-0.2, 0) is 0 Å². The van der Waals surface area contributed by atoms with Crippen molar-refractivity contribution >= 4 is 11.6 Å². The minimum absolute atomic E-state index is 0. The van der Waals surface area contributed by atoms with E-state index in [2.05, 4.69) is 13.0 Å². The van der Waals surface area contributed by atoms with Crippen LogP contribution in [0.3, 0.4) is 0 Å². The quantitative estimate of drug-likeness (QED) is 0.532. The van der Waals surface area contributed by atoms with Gasteiger partial charge in [-0.05, 0) is 0 Å². The summed E-state index contributed by atoms with van der Waals surface area (Å²) in [5.41, 5.74) is 0. The first kappa shape index (κ1) is 12.5. The van der Waals surface area contributed by atoms with Crippen molar-refractivity contribution in [2.75, 3.05) is 0 Å². The third kappa shape index (κ3) is 12.1. The molecule has 0 heterocycles. The maximum atomic E-state index is 5.42. The van der Waals surface area contributed by atoms with Crippen LogP contribution in [0, 0.1) is 36.4 Å². The fourth-order valence-corrected chi connectivity index (χ4v) is 0.421. The molecule has 51 valence electrons. The molecule has 0 bridgehead atoms. The Hall–Kier alpha value is 0.783. The summed E-state index contributed by atoms with van der Waals surface area (Å²) in [6, 6.07) is 0. The van der Waals surface area contributed by atoms with Crippen LogP contribution in [0.25, 0.3) is 0 Å². The molecule has 0 aromatic heterocycles. The van der Waals surface area contributed by atoms with Gasteiger partial charge >= 0.3 is 0 Å². The van der Waals surface area contributed by atoms with E-state index < -0.39 is 0 Å². The maximum Gasteiger partial charge on any atom is 0.0330 e. The Bertz CT molecular complexity index is 97.1. The van der Waals surface area contributed by atoms with Crippen LogP contribution < -0.4 is 0 Å². The van der Waals surface area contributed by atoms with Crippen molar-refractivity contribution in [3.05, 3.63) is 30.2 Å². The van der Waals surface area contributed by atoms with Gasteiger partial charge in [0.05, 0.1) is 0 Å². The number of unbranched alkanes of at least 4 members (excludes halogenated alkanes) is 1. The van der Waals surface area contributed by atoms with Gasteiger partial charge in [-0.2, -0.15) is 13.3 Å². The molecule has 0 aliphatic heterocycles. The summed E-state index contributed by atoms with van der Waals surface area (Å²) in [5.74, 6) is 0. The van der Waals surface area contributed by atoms with Gasteiger partial charge in [-0.25, -0.2) is 0 Å². The van der Waals surface area contributed by atoms with Gasteiger partial charge in [0.25, 0.3) is 0 Å². The summed E-state index contributed by atoms with van der Waals surface area (Å²) in [5, 5.41) is 0.590. The Morgan fingerprint density at radius 3 is 2.67 bits per heavy atom. The molecule has 0 fully saturated rings. The van der Waals surface area contributed by atoms with E-state index in [0.29, 0.717) is 5.03 Å². The van der Waals surface area contributed by atoms with Gasteiger partial charge in [-0.15, -0.1) is 6.08 Å². The SMILES string of the molecule is C=C(Cl)/C=C\C[CH-]C.[Np]. The van der Waals surface area contributed by atoms with Crippen molar-refractivity contribution in [3.8, 4) is 0 Å². The first-order valence-electron chi connectivity index (χ1n) is 2.56. The van der Waals surface area contributed by atoms with E-state index in [1.54, 1.807) is 6.08 Å². The van der Waals surface area contributed by atoms with E-state index in [9.17, 15) is 0 Å². The molecule has 9 heavy (non-hydrogen) atoms. The Balaban J connectivity index is 0. The van der Waals surface area contributed by atoms with E-state index in [1.807, 2.05) is 13.0 Å². The molecule has 0 N–H and O–H groups in total. The molecule has 0 atom stereocenters. The molecule has 0 rings (SSSR count). The fraction of sp³-hybridized carbons (Fsp3) is 0.286. The fourth-order valence-electron chi connectivity index (χ4n) is 0.332. The average molecular weight is 367 g/mol. The minimum atomic E-state index is 0. The first-order chi connectivity index (χ1) is 3.77. The van der Waals surface area contributed by atoms with Crippen molar-refractivity contribution in [3.63, 3.8) is 0 Å². The molecule has 0 spiro atoms. The number of halogens is 1. The van der Waals surface area contributed by atoms with Crippen molar-refractivity contribution in [2.24, 2.45) is 0 Å². The van der Waals surface area contributed by atoms with E-state index in [0.717, 1.165) is 6.42 Å². The third-order valence-electron chi connectivity index (χ3n) is 0.670. The predicted octanol–water partition coefficient (Wildman–Crippen LogP) is 2.91. The standard InChI is InChI=1S/C7H10Cl.Np/c1-3-4-5-6-7(2)8;/h3,5-6H,2,4H2,1H3;/q-1;/b6-5-;. The van der Waals surface area contributed by atoms with E-state index in [-0.39, 0.29) is 29.9 Å². The van der Waals surface area contributed by atoms with E-state index >= 15 is 0 Å². The van der Waals surface area contributed by atoms with Gasteiger partial charge in [0.2, 0.25) is 0 Å². The van der Waals surface area contributed by atoms with Crippen molar-refractivity contribution < 1.29 is 29.9 Å². The number of allylic oxidation sites excluding steroid dienone is 3. The molecule has 0 aliphatic carbocycles. The molecule has 0 aliphatic rings. The predicted molar refractivity (Wildman–Crippen MR) is 38.7 cm³/mol. The Kier molecular flexibility index (Phi) is 12.2. The molecule has 0 aromatic carbocycles. The van der Waals surface area contributed by atoms with Gasteiger partial charge in [-0.1, -0.05) is 24.3 Å². The average Bonchev–Trinajstić information content (AvgIpc) is 1.66. The van der Waals surface area contributed by atoms with Crippen LogP contribution in [0.5, 0.6) is 0 Å². The monoisotopic (exact) mass is 365 g/mol. The van der Waals surface area contributed by atoms with E-state index in [4.69, 9.17) is 11.6 Å². The molecule has 0 saturated carbocycles. The topological polar surface area (TPSA) is 0 Å². The second kappa shape index (κ2) is 8.78. The molecule has 1 radical (unpaired) electrons. The van der Waals surface area contributed by atoms with Crippen molar-refractivity contribution in [1.29, 1.82) is 0 Å². The van der Waals surface area contributed by atoms with Crippen LogP contribution in [0.2, 0.25) is 0 Å². The second-order valence-corrected chi connectivity index (χ2v) is 1.98. The van der Waals surface area contributed by atoms with Gasteiger partial charge in [0.15, 0.2) is 0 Å². The smallest absolute Gasteiger partial charge is 0.0330 e. The molecular formula is C7H10ClNp-. The van der Waals surface area contributed by atoms with Gasteiger partial charge in [0.1, 0.15) is 0 Å². The summed E-state index contributed by atoms with van der Waals surface area (Å²) in [4.78, 5) is 0. The van der Waals surface area contributed by atoms with Gasteiger partial charge in [-0.3, -0.25) is 0 Å². The minimum Gasteiger partial charge on any atom is -0.328 e. The maximum absolute atomic E-state index is 5.42. The molecule has 0 aromatic rings. The largest absolute Gasteiger partial charge is 0.328 e. The van der Waals surface area contributed by atoms with Crippen LogP contribution in [0.4, 0.5) is 0 Å². The number of hydrogen-bond acceptors (Lipinski definition) is 0. The van der Waals surface area contributed by atoms with Crippen LogP contribution in [0.1, 0.15) is 13.3 Å². The zero-order valence-electron chi connectivity index (χ0n) is 5.47. The van der Waals surface area contributed by atoms with E-state index in [1.165, 1.54) is 0 Å². The summed E-state index contributed by atoms with van der Waals surface area (Å²) in [6.45, 7) is 5.49. The first-order valence-corrected chi connectivity index (χ1v) is 2.94. The second-order valence-electron chi connectivity index (χ2n) is 1.49. The normalized spacial score (nSPS) is 9.11. The van der Waals surface area contributed by atoms with Crippen molar-refractivity contribution in [1.82, 2.24) is 0 Å². The molecule has 0 unspecified atom stereocenters. The molecule has 0 saturated heterocycles.